The van der Waals surface area contributed by atoms with E-state index in [9.17, 15) is 9.59 Å². The van der Waals surface area contributed by atoms with Crippen LogP contribution in [0.15, 0.2) is 12.3 Å². The van der Waals surface area contributed by atoms with Gasteiger partial charge in [0.05, 0.1) is 12.9 Å². The van der Waals surface area contributed by atoms with Gasteiger partial charge in [-0.05, 0) is 25.3 Å². The standard InChI is InChI=1S/C13H22O4/c1-12(14)16-10-8-6-4-3-5-7-9-11-17-13(2)15/h8,10H,3-7,9,11H2,1-2H3. The molecular formula is C13H22O4. The first-order valence-corrected chi connectivity index (χ1v) is 6.08. The lowest BCUT2D eigenvalue weighted by Gasteiger charge is -2.01. The molecule has 0 radical (unpaired) electrons. The first-order chi connectivity index (χ1) is 8.13. The van der Waals surface area contributed by atoms with Crippen LogP contribution in [-0.2, 0) is 19.1 Å². The maximum atomic E-state index is 10.5. The summed E-state index contributed by atoms with van der Waals surface area (Å²) in [5.74, 6) is -0.493. The van der Waals surface area contributed by atoms with Crippen LogP contribution in [-0.4, -0.2) is 18.5 Å². The van der Waals surface area contributed by atoms with Crippen LogP contribution < -0.4 is 0 Å². The van der Waals surface area contributed by atoms with E-state index in [1.54, 1.807) is 0 Å². The second kappa shape index (κ2) is 11.2. The summed E-state index contributed by atoms with van der Waals surface area (Å²) in [4.78, 5) is 20.9. The number of carbonyl (C=O) groups excluding carboxylic acids is 2. The molecule has 0 bridgehead atoms. The molecule has 0 heterocycles. The number of unbranched alkanes of at least 4 members (excludes halogenated alkanes) is 5. The van der Waals surface area contributed by atoms with Crippen molar-refractivity contribution in [2.75, 3.05) is 6.61 Å². The minimum absolute atomic E-state index is 0.208. The molecule has 0 amide bonds. The molecule has 0 rings (SSSR count). The van der Waals surface area contributed by atoms with Crippen molar-refractivity contribution in [2.24, 2.45) is 0 Å². The van der Waals surface area contributed by atoms with Crippen LogP contribution in [0.2, 0.25) is 0 Å². The van der Waals surface area contributed by atoms with E-state index in [0.29, 0.717) is 6.61 Å². The molecule has 4 nitrogen and oxygen atoms in total. The van der Waals surface area contributed by atoms with E-state index < -0.39 is 0 Å². The van der Waals surface area contributed by atoms with Crippen molar-refractivity contribution in [3.8, 4) is 0 Å². The lowest BCUT2D eigenvalue weighted by Crippen LogP contribution is -1.99. The van der Waals surface area contributed by atoms with Gasteiger partial charge in [-0.2, -0.15) is 0 Å². The Bertz CT molecular complexity index is 246. The van der Waals surface area contributed by atoms with Crippen LogP contribution in [0.1, 0.15) is 52.4 Å². The Hall–Kier alpha value is -1.32. The first-order valence-electron chi connectivity index (χ1n) is 6.08. The third-order valence-corrected chi connectivity index (χ3v) is 2.15. The van der Waals surface area contributed by atoms with E-state index in [2.05, 4.69) is 4.74 Å². The lowest BCUT2D eigenvalue weighted by molar-refractivity contribution is -0.141. The van der Waals surface area contributed by atoms with Gasteiger partial charge in [0.2, 0.25) is 0 Å². The van der Waals surface area contributed by atoms with E-state index in [0.717, 1.165) is 38.5 Å². The third-order valence-electron chi connectivity index (χ3n) is 2.15. The summed E-state index contributed by atoms with van der Waals surface area (Å²) >= 11 is 0. The molecule has 0 saturated carbocycles. The molecule has 4 heteroatoms. The first kappa shape index (κ1) is 15.7. The Kier molecular flexibility index (Phi) is 10.3. The Balaban J connectivity index is 3.11. The molecule has 0 aromatic rings. The quantitative estimate of drug-likeness (QED) is 0.354. The van der Waals surface area contributed by atoms with Gasteiger partial charge in [-0.1, -0.05) is 19.3 Å². The summed E-state index contributed by atoms with van der Waals surface area (Å²) in [5.41, 5.74) is 0. The number of carbonyl (C=O) groups is 2. The summed E-state index contributed by atoms with van der Waals surface area (Å²) in [6, 6.07) is 0. The van der Waals surface area contributed by atoms with Crippen molar-refractivity contribution < 1.29 is 19.1 Å². The largest absolute Gasteiger partial charge is 0.466 e. The summed E-state index contributed by atoms with van der Waals surface area (Å²) in [6.45, 7) is 3.34. The van der Waals surface area contributed by atoms with Crippen molar-refractivity contribution in [3.05, 3.63) is 12.3 Å². The second-order valence-electron chi connectivity index (χ2n) is 3.88. The average molecular weight is 242 g/mol. The predicted octanol–water partition coefficient (Wildman–Crippen LogP) is 2.97. The zero-order valence-corrected chi connectivity index (χ0v) is 10.7. The van der Waals surface area contributed by atoms with E-state index in [4.69, 9.17) is 4.74 Å². The van der Waals surface area contributed by atoms with Gasteiger partial charge in [-0.3, -0.25) is 9.59 Å². The average Bonchev–Trinajstić information content (AvgIpc) is 2.25. The maximum Gasteiger partial charge on any atom is 0.307 e. The summed E-state index contributed by atoms with van der Waals surface area (Å²) in [7, 11) is 0. The molecule has 0 fully saturated rings. The highest BCUT2D eigenvalue weighted by Gasteiger charge is 1.93. The number of esters is 2. The van der Waals surface area contributed by atoms with Gasteiger partial charge in [0.15, 0.2) is 0 Å². The minimum atomic E-state index is -0.285. The maximum absolute atomic E-state index is 10.5. The summed E-state index contributed by atoms with van der Waals surface area (Å²) < 4.78 is 9.48. The molecule has 0 saturated heterocycles. The molecule has 0 aliphatic carbocycles. The smallest absolute Gasteiger partial charge is 0.307 e. The molecule has 0 spiro atoms. The van der Waals surface area contributed by atoms with Gasteiger partial charge >= 0.3 is 11.9 Å². The molecule has 17 heavy (non-hydrogen) atoms. The van der Waals surface area contributed by atoms with E-state index in [1.807, 2.05) is 6.08 Å². The number of hydrogen-bond donors (Lipinski definition) is 0. The molecule has 0 atom stereocenters. The van der Waals surface area contributed by atoms with Gasteiger partial charge in [-0.15, -0.1) is 0 Å². The Labute approximate surface area is 103 Å². The topological polar surface area (TPSA) is 52.6 Å². The van der Waals surface area contributed by atoms with Crippen LogP contribution in [0.5, 0.6) is 0 Å². The number of rotatable bonds is 9. The highest BCUT2D eigenvalue weighted by molar-refractivity contribution is 5.66. The highest BCUT2D eigenvalue weighted by atomic mass is 16.5. The minimum Gasteiger partial charge on any atom is -0.466 e. The number of ether oxygens (including phenoxy) is 2. The molecule has 0 aromatic heterocycles. The van der Waals surface area contributed by atoms with Crippen LogP contribution in [0, 0.1) is 0 Å². The zero-order valence-electron chi connectivity index (χ0n) is 10.7. The van der Waals surface area contributed by atoms with E-state index >= 15 is 0 Å². The van der Waals surface area contributed by atoms with Crippen LogP contribution in [0.4, 0.5) is 0 Å². The van der Waals surface area contributed by atoms with Crippen LogP contribution >= 0.6 is 0 Å². The third kappa shape index (κ3) is 14.7. The molecule has 98 valence electrons. The zero-order chi connectivity index (χ0) is 12.9. The fourth-order valence-corrected chi connectivity index (χ4v) is 1.32. The highest BCUT2D eigenvalue weighted by Crippen LogP contribution is 2.06. The van der Waals surface area contributed by atoms with Gasteiger partial charge < -0.3 is 9.47 Å². The lowest BCUT2D eigenvalue weighted by atomic mass is 10.1. The summed E-state index contributed by atoms with van der Waals surface area (Å²) in [6.07, 6.45) is 9.63. The Morgan fingerprint density at radius 2 is 1.59 bits per heavy atom. The van der Waals surface area contributed by atoms with Crippen molar-refractivity contribution >= 4 is 11.9 Å². The number of allylic oxidation sites excluding steroid dienone is 1. The van der Waals surface area contributed by atoms with Crippen molar-refractivity contribution in [1.29, 1.82) is 0 Å². The SMILES string of the molecule is CC(=O)OC=CCCCCCCCOC(C)=O. The fourth-order valence-electron chi connectivity index (χ4n) is 1.32. The van der Waals surface area contributed by atoms with Crippen molar-refractivity contribution in [3.63, 3.8) is 0 Å². The van der Waals surface area contributed by atoms with Gasteiger partial charge in [0.25, 0.3) is 0 Å². The molecule has 0 aromatic carbocycles. The molecule has 0 unspecified atom stereocenters. The molecular weight excluding hydrogens is 220 g/mol. The predicted molar refractivity (Wildman–Crippen MR) is 65.2 cm³/mol. The molecule has 0 aliphatic rings. The van der Waals surface area contributed by atoms with E-state index in [-0.39, 0.29) is 11.9 Å². The Morgan fingerprint density at radius 1 is 0.941 bits per heavy atom. The van der Waals surface area contributed by atoms with Gasteiger partial charge in [-0.25, -0.2) is 0 Å². The molecule has 0 N–H and O–H groups in total. The molecule has 0 aliphatic heterocycles. The monoisotopic (exact) mass is 242 g/mol. The van der Waals surface area contributed by atoms with E-state index in [1.165, 1.54) is 20.1 Å². The second-order valence-corrected chi connectivity index (χ2v) is 3.88. The number of hydrogen-bond acceptors (Lipinski definition) is 4. The van der Waals surface area contributed by atoms with Crippen molar-refractivity contribution in [1.82, 2.24) is 0 Å². The normalized spacial score (nSPS) is 10.5. The van der Waals surface area contributed by atoms with Crippen LogP contribution in [0.25, 0.3) is 0 Å². The summed E-state index contributed by atoms with van der Waals surface area (Å²) in [5, 5.41) is 0. The van der Waals surface area contributed by atoms with Crippen LogP contribution in [0.3, 0.4) is 0 Å². The fraction of sp³-hybridized carbons (Fsp3) is 0.692. The van der Waals surface area contributed by atoms with Gasteiger partial charge in [0, 0.05) is 13.8 Å². The van der Waals surface area contributed by atoms with Crippen molar-refractivity contribution in [2.45, 2.75) is 52.4 Å². The Morgan fingerprint density at radius 3 is 2.24 bits per heavy atom. The van der Waals surface area contributed by atoms with Gasteiger partial charge in [0.1, 0.15) is 0 Å².